The first-order valence-electron chi connectivity index (χ1n) is 7.54. The summed E-state index contributed by atoms with van der Waals surface area (Å²) in [5, 5.41) is 14.1. The second-order valence-corrected chi connectivity index (χ2v) is 5.48. The Balaban J connectivity index is 1.56. The van der Waals surface area contributed by atoms with Gasteiger partial charge in [-0.3, -0.25) is 10.1 Å². The number of fused-ring (bicyclic) bond motifs is 1. The van der Waals surface area contributed by atoms with E-state index in [1.54, 1.807) is 24.3 Å². The minimum atomic E-state index is -0.381. The summed E-state index contributed by atoms with van der Waals surface area (Å²) in [6.45, 7) is 2.87. The fourth-order valence-electron chi connectivity index (χ4n) is 2.48. The second-order valence-electron chi connectivity index (χ2n) is 5.48. The monoisotopic (exact) mass is 310 g/mol. The molecule has 6 heteroatoms. The summed E-state index contributed by atoms with van der Waals surface area (Å²) in [7, 11) is 0. The maximum Gasteiger partial charge on any atom is 0.269 e. The average molecular weight is 310 g/mol. The molecule has 2 aromatic heterocycles. The number of aromatic nitrogens is 2. The van der Waals surface area contributed by atoms with E-state index in [1.807, 2.05) is 35.0 Å². The summed E-state index contributed by atoms with van der Waals surface area (Å²) in [4.78, 5) is 14.8. The molecule has 23 heavy (non-hydrogen) atoms. The molecule has 0 spiro atoms. The van der Waals surface area contributed by atoms with Crippen LogP contribution in [0, 0.1) is 10.1 Å². The van der Waals surface area contributed by atoms with Crippen LogP contribution in [0.3, 0.4) is 0 Å². The Kier molecular flexibility index (Phi) is 4.34. The Hall–Kier alpha value is -2.73. The van der Waals surface area contributed by atoms with Crippen molar-refractivity contribution in [3.8, 4) is 0 Å². The van der Waals surface area contributed by atoms with Gasteiger partial charge in [-0.2, -0.15) is 0 Å². The molecular formula is C17H18N4O2. The standard InChI is InChI=1S/C17H18N4O2/c1-13(16-12-20-11-3-2-4-17(20)19-16)18-10-9-14-5-7-15(8-6-14)21(22)23/h2-8,11-13,18H,9-10H2,1H3. The van der Waals surface area contributed by atoms with Crippen molar-refractivity contribution in [1.29, 1.82) is 0 Å². The molecule has 0 bridgehead atoms. The van der Waals surface area contributed by atoms with Gasteiger partial charge in [-0.25, -0.2) is 4.98 Å². The van der Waals surface area contributed by atoms with Crippen molar-refractivity contribution >= 4 is 11.3 Å². The Bertz CT molecular complexity index is 778. The van der Waals surface area contributed by atoms with Crippen molar-refractivity contribution in [2.75, 3.05) is 6.54 Å². The molecule has 0 saturated heterocycles. The summed E-state index contributed by atoms with van der Waals surface area (Å²) < 4.78 is 2.00. The Morgan fingerprint density at radius 3 is 2.74 bits per heavy atom. The lowest BCUT2D eigenvalue weighted by Gasteiger charge is -2.11. The first-order chi connectivity index (χ1) is 11.1. The van der Waals surface area contributed by atoms with Gasteiger partial charge in [0.15, 0.2) is 0 Å². The lowest BCUT2D eigenvalue weighted by molar-refractivity contribution is -0.384. The highest BCUT2D eigenvalue weighted by Gasteiger charge is 2.09. The number of hydrogen-bond acceptors (Lipinski definition) is 4. The van der Waals surface area contributed by atoms with Gasteiger partial charge in [-0.15, -0.1) is 0 Å². The van der Waals surface area contributed by atoms with E-state index >= 15 is 0 Å². The molecule has 1 unspecified atom stereocenters. The molecule has 0 amide bonds. The third-order valence-corrected chi connectivity index (χ3v) is 3.84. The zero-order valence-corrected chi connectivity index (χ0v) is 12.8. The van der Waals surface area contributed by atoms with Crippen molar-refractivity contribution in [3.05, 3.63) is 76.2 Å². The third-order valence-electron chi connectivity index (χ3n) is 3.84. The van der Waals surface area contributed by atoms with Gasteiger partial charge in [-0.1, -0.05) is 18.2 Å². The van der Waals surface area contributed by atoms with E-state index in [9.17, 15) is 10.1 Å². The van der Waals surface area contributed by atoms with E-state index in [-0.39, 0.29) is 16.7 Å². The SMILES string of the molecule is CC(NCCc1ccc([N+](=O)[O-])cc1)c1cn2ccccc2n1. The quantitative estimate of drug-likeness (QED) is 0.561. The van der Waals surface area contributed by atoms with E-state index in [1.165, 1.54) is 0 Å². The predicted octanol–water partition coefficient (Wildman–Crippen LogP) is 3.14. The van der Waals surface area contributed by atoms with Gasteiger partial charge in [0.25, 0.3) is 5.69 Å². The second kappa shape index (κ2) is 6.58. The van der Waals surface area contributed by atoms with Crippen LogP contribution in [0.5, 0.6) is 0 Å². The molecule has 0 aliphatic carbocycles. The summed E-state index contributed by atoms with van der Waals surface area (Å²) >= 11 is 0. The van der Waals surface area contributed by atoms with Crippen LogP contribution < -0.4 is 5.32 Å². The summed E-state index contributed by atoms with van der Waals surface area (Å²) in [5.74, 6) is 0. The minimum Gasteiger partial charge on any atom is -0.308 e. The third kappa shape index (κ3) is 3.54. The first-order valence-corrected chi connectivity index (χ1v) is 7.54. The normalized spacial score (nSPS) is 12.4. The number of nitro groups is 1. The number of nitrogens with zero attached hydrogens (tertiary/aromatic N) is 3. The smallest absolute Gasteiger partial charge is 0.269 e. The average Bonchev–Trinajstić information content (AvgIpc) is 2.99. The molecule has 0 radical (unpaired) electrons. The highest BCUT2D eigenvalue weighted by Crippen LogP contribution is 2.14. The summed E-state index contributed by atoms with van der Waals surface area (Å²) in [5.41, 5.74) is 3.14. The number of hydrogen-bond donors (Lipinski definition) is 1. The topological polar surface area (TPSA) is 72.5 Å². The molecule has 0 aliphatic heterocycles. The van der Waals surface area contributed by atoms with Gasteiger partial charge in [0, 0.05) is 30.6 Å². The van der Waals surface area contributed by atoms with E-state index in [0.717, 1.165) is 29.9 Å². The van der Waals surface area contributed by atoms with Crippen molar-refractivity contribution in [2.45, 2.75) is 19.4 Å². The van der Waals surface area contributed by atoms with Crippen LogP contribution in [0.4, 0.5) is 5.69 Å². The minimum absolute atomic E-state index is 0.125. The van der Waals surface area contributed by atoms with Crippen LogP contribution in [0.15, 0.2) is 54.9 Å². The molecular weight excluding hydrogens is 292 g/mol. The van der Waals surface area contributed by atoms with Gasteiger partial charge < -0.3 is 9.72 Å². The summed E-state index contributed by atoms with van der Waals surface area (Å²) in [6.07, 6.45) is 4.82. The number of non-ortho nitro benzene ring substituents is 1. The molecule has 118 valence electrons. The maximum atomic E-state index is 10.6. The van der Waals surface area contributed by atoms with E-state index in [2.05, 4.69) is 17.2 Å². The number of nitrogens with one attached hydrogen (secondary N) is 1. The molecule has 2 heterocycles. The van der Waals surface area contributed by atoms with Gasteiger partial charge in [0.1, 0.15) is 5.65 Å². The van der Waals surface area contributed by atoms with E-state index in [4.69, 9.17) is 0 Å². The Morgan fingerprint density at radius 1 is 1.26 bits per heavy atom. The molecule has 1 N–H and O–H groups in total. The summed E-state index contributed by atoms with van der Waals surface area (Å²) in [6, 6.07) is 12.8. The molecule has 3 rings (SSSR count). The van der Waals surface area contributed by atoms with Crippen molar-refractivity contribution in [2.24, 2.45) is 0 Å². The van der Waals surface area contributed by atoms with Gasteiger partial charge >= 0.3 is 0 Å². The van der Waals surface area contributed by atoms with Crippen molar-refractivity contribution in [3.63, 3.8) is 0 Å². The van der Waals surface area contributed by atoms with Crippen LogP contribution in [0.1, 0.15) is 24.2 Å². The molecule has 6 nitrogen and oxygen atoms in total. The zero-order chi connectivity index (χ0) is 16.2. The lowest BCUT2D eigenvalue weighted by Crippen LogP contribution is -2.21. The predicted molar refractivity (Wildman–Crippen MR) is 88.4 cm³/mol. The van der Waals surface area contributed by atoms with Gasteiger partial charge in [-0.05, 0) is 37.6 Å². The van der Waals surface area contributed by atoms with Gasteiger partial charge in [0.2, 0.25) is 0 Å². The fourth-order valence-corrected chi connectivity index (χ4v) is 2.48. The first kappa shape index (κ1) is 15.2. The number of imidazole rings is 1. The highest BCUT2D eigenvalue weighted by atomic mass is 16.6. The van der Waals surface area contributed by atoms with Crippen molar-refractivity contribution < 1.29 is 4.92 Å². The molecule has 1 atom stereocenters. The number of rotatable bonds is 6. The highest BCUT2D eigenvalue weighted by molar-refractivity contribution is 5.40. The maximum absolute atomic E-state index is 10.6. The van der Waals surface area contributed by atoms with Crippen LogP contribution in [0.2, 0.25) is 0 Å². The number of pyridine rings is 1. The van der Waals surface area contributed by atoms with Crippen LogP contribution in [-0.2, 0) is 6.42 Å². The largest absolute Gasteiger partial charge is 0.308 e. The lowest BCUT2D eigenvalue weighted by atomic mass is 10.1. The van der Waals surface area contributed by atoms with Crippen LogP contribution in [-0.4, -0.2) is 20.9 Å². The zero-order valence-electron chi connectivity index (χ0n) is 12.8. The van der Waals surface area contributed by atoms with E-state index in [0.29, 0.717) is 0 Å². The molecule has 0 saturated carbocycles. The van der Waals surface area contributed by atoms with E-state index < -0.39 is 0 Å². The van der Waals surface area contributed by atoms with Crippen LogP contribution >= 0.6 is 0 Å². The molecule has 0 aliphatic rings. The fraction of sp³-hybridized carbons (Fsp3) is 0.235. The molecule has 3 aromatic rings. The molecule has 0 fully saturated rings. The van der Waals surface area contributed by atoms with Crippen LogP contribution in [0.25, 0.3) is 5.65 Å². The Labute approximate surface area is 133 Å². The van der Waals surface area contributed by atoms with Gasteiger partial charge in [0.05, 0.1) is 10.6 Å². The van der Waals surface area contributed by atoms with Crippen molar-refractivity contribution in [1.82, 2.24) is 14.7 Å². The number of benzene rings is 1. The Morgan fingerprint density at radius 2 is 2.04 bits per heavy atom. The number of nitro benzene ring substituents is 1. The molecule has 1 aromatic carbocycles.